The van der Waals surface area contributed by atoms with Crippen molar-refractivity contribution in [2.24, 2.45) is 0 Å². The van der Waals surface area contributed by atoms with Crippen LogP contribution < -0.4 is 29.7 Å². The summed E-state index contributed by atoms with van der Waals surface area (Å²) in [7, 11) is 5.27. The van der Waals surface area contributed by atoms with E-state index in [1.807, 2.05) is 13.8 Å². The molecule has 2 N–H and O–H groups in total. The van der Waals surface area contributed by atoms with E-state index in [0.717, 1.165) is 38.9 Å². The molecule has 2 amide bonds. The van der Waals surface area contributed by atoms with Crippen molar-refractivity contribution in [3.8, 4) is 29.1 Å². The zero-order valence-corrected chi connectivity index (χ0v) is 32.1. The average molecular weight is 734 g/mol. The number of rotatable bonds is 11. The van der Waals surface area contributed by atoms with Crippen LogP contribution in [0.1, 0.15) is 78.7 Å². The minimum absolute atomic E-state index is 0.0243. The van der Waals surface area contributed by atoms with Crippen LogP contribution in [0.2, 0.25) is 0 Å². The number of piperazine rings is 1. The minimum atomic E-state index is -0.903. The quantitative estimate of drug-likeness (QED) is 0.190. The number of likely N-dealkylation sites (N-methyl/N-ethyl adjacent to an activating group) is 1. The molecule has 53 heavy (non-hydrogen) atoms. The fraction of sp³-hybridized carbons (Fsp3) is 0.564. The topological polar surface area (TPSA) is 153 Å². The van der Waals surface area contributed by atoms with Gasteiger partial charge in [-0.25, -0.2) is 4.79 Å². The van der Waals surface area contributed by atoms with Crippen LogP contribution in [0.3, 0.4) is 0 Å². The third-order valence-electron chi connectivity index (χ3n) is 10.6. The van der Waals surface area contributed by atoms with Crippen molar-refractivity contribution >= 4 is 12.0 Å². The summed E-state index contributed by atoms with van der Waals surface area (Å²) in [6.07, 6.45) is 2.08. The van der Waals surface area contributed by atoms with Crippen molar-refractivity contribution in [2.45, 2.75) is 103 Å². The molecule has 0 saturated carbocycles. The molecule has 2 bridgehead atoms. The second-order valence-electron chi connectivity index (χ2n) is 15.1. The zero-order chi connectivity index (χ0) is 38.4. The van der Waals surface area contributed by atoms with Gasteiger partial charge >= 0.3 is 6.09 Å². The van der Waals surface area contributed by atoms with E-state index in [2.05, 4.69) is 46.2 Å². The van der Waals surface area contributed by atoms with Crippen molar-refractivity contribution < 1.29 is 43.0 Å². The highest BCUT2D eigenvalue weighted by molar-refractivity contribution is 5.85. The second kappa shape index (κ2) is 15.1. The molecule has 0 radical (unpaired) electrons. The van der Waals surface area contributed by atoms with Gasteiger partial charge in [0.2, 0.25) is 5.91 Å². The first kappa shape index (κ1) is 38.2. The van der Waals surface area contributed by atoms with Gasteiger partial charge in [-0.2, -0.15) is 10.1 Å². The van der Waals surface area contributed by atoms with Gasteiger partial charge in [0.15, 0.2) is 24.0 Å². The molecular weight excluding hydrogens is 682 g/mol. The average Bonchev–Trinajstić information content (AvgIpc) is 3.59. The van der Waals surface area contributed by atoms with E-state index < -0.39 is 35.7 Å². The number of hydrogen-bond donors (Lipinski definition) is 2. The zero-order valence-electron chi connectivity index (χ0n) is 32.1. The number of nitrogens with one attached hydrogen (secondary N) is 2. The van der Waals surface area contributed by atoms with Crippen LogP contribution in [0.15, 0.2) is 18.7 Å². The number of carbonyl (C=O) groups excluding carboxylic acids is 2. The predicted molar refractivity (Wildman–Crippen MR) is 194 cm³/mol. The number of nitrogens with zero attached hydrogens (tertiary/aromatic N) is 3. The molecule has 14 nitrogen and oxygen atoms in total. The molecule has 4 heterocycles. The fourth-order valence-corrected chi connectivity index (χ4v) is 8.53. The SMILES string of the molecule is C=CCOc1c(C)c2c(c3c1CC1[C@H]4c5c(cc(C)c(OC)c5OCOC)C[C@@H](C(C#N)N1[C@H]3CNC(=O)[C@@H](C)NC(=O)OC(C)(C)C)N4C)OOC2. The predicted octanol–water partition coefficient (Wildman–Crippen LogP) is 4.48. The molecule has 1 fully saturated rings. The normalized spacial score (nSPS) is 23.5. The van der Waals surface area contributed by atoms with Crippen molar-refractivity contribution in [2.75, 3.05) is 41.2 Å². The van der Waals surface area contributed by atoms with Gasteiger partial charge in [0.1, 0.15) is 36.6 Å². The Bertz CT molecular complexity index is 1820. The maximum Gasteiger partial charge on any atom is 0.408 e. The van der Waals surface area contributed by atoms with E-state index in [9.17, 15) is 14.9 Å². The number of alkyl carbamates (subject to hydrolysis) is 1. The highest BCUT2D eigenvalue weighted by atomic mass is 17.2. The molecule has 4 aliphatic heterocycles. The van der Waals surface area contributed by atoms with Crippen molar-refractivity contribution in [1.82, 2.24) is 20.4 Å². The summed E-state index contributed by atoms with van der Waals surface area (Å²) in [4.78, 5) is 42.2. The van der Waals surface area contributed by atoms with Crippen LogP contribution in [0.4, 0.5) is 4.79 Å². The van der Waals surface area contributed by atoms with Crippen LogP contribution in [0.5, 0.6) is 23.0 Å². The number of aryl methyl sites for hydroxylation is 1. The number of carbonyl (C=O) groups is 2. The van der Waals surface area contributed by atoms with Crippen molar-refractivity contribution in [3.05, 3.63) is 57.7 Å². The minimum Gasteiger partial charge on any atom is -0.493 e. The molecule has 1 saturated heterocycles. The highest BCUT2D eigenvalue weighted by Gasteiger charge is 2.57. The standard InChI is InChI=1S/C39H51N5O9/c1-11-12-49-34-21(3)25-18-51-53-35(25)31-24(34)15-27-32-30-23(13-20(2)33(48-10)36(30)50-19-47-9)14-26(43(32)8)28(16-40)44(27)29(31)17-41-37(45)22(4)42-38(46)52-39(5,6)7/h11,13,22,26-29,32H,1,12,14-15,17-19H2,2-10H3,(H,41,45)(H,42,46)/t22-,26+,27?,28?,29+,32+/m1/s1. The Balaban J connectivity index is 1.50. The van der Waals surface area contributed by atoms with Crippen molar-refractivity contribution in [3.63, 3.8) is 0 Å². The summed E-state index contributed by atoms with van der Waals surface area (Å²) < 4.78 is 29.4. The summed E-state index contributed by atoms with van der Waals surface area (Å²) >= 11 is 0. The van der Waals surface area contributed by atoms with E-state index in [0.29, 0.717) is 35.8 Å². The van der Waals surface area contributed by atoms with Gasteiger partial charge in [-0.1, -0.05) is 18.7 Å². The molecule has 6 atom stereocenters. The number of amides is 2. The molecule has 286 valence electrons. The van der Waals surface area contributed by atoms with Crippen LogP contribution >= 0.6 is 0 Å². The Morgan fingerprint density at radius 2 is 1.87 bits per heavy atom. The summed E-state index contributed by atoms with van der Waals surface area (Å²) in [5, 5.41) is 16.7. The molecule has 2 aromatic carbocycles. The number of ether oxygens (including phenoxy) is 5. The Kier molecular flexibility index (Phi) is 10.8. The maximum atomic E-state index is 13.7. The number of benzene rings is 2. The molecule has 2 aromatic rings. The van der Waals surface area contributed by atoms with Gasteiger partial charge in [-0.3, -0.25) is 14.6 Å². The van der Waals surface area contributed by atoms with E-state index in [4.69, 9.17) is 33.5 Å². The molecule has 4 aliphatic rings. The van der Waals surface area contributed by atoms with Gasteiger partial charge in [-0.05, 0) is 72.6 Å². The van der Waals surface area contributed by atoms with Crippen LogP contribution in [-0.4, -0.2) is 92.8 Å². The Morgan fingerprint density at radius 1 is 1.11 bits per heavy atom. The summed E-state index contributed by atoms with van der Waals surface area (Å²) in [6.45, 7) is 15.4. The number of nitriles is 1. The molecule has 14 heteroatoms. The smallest absolute Gasteiger partial charge is 0.408 e. The van der Waals surface area contributed by atoms with E-state index >= 15 is 0 Å². The molecule has 6 rings (SSSR count). The lowest BCUT2D eigenvalue weighted by atomic mass is 9.71. The Hall–Kier alpha value is -4.55. The number of hydrogen-bond acceptors (Lipinski definition) is 12. The number of fused-ring (bicyclic) bond motifs is 9. The van der Waals surface area contributed by atoms with Crippen LogP contribution in [0, 0.1) is 25.2 Å². The highest BCUT2D eigenvalue weighted by Crippen LogP contribution is 2.57. The number of methoxy groups -OCH3 is 2. The summed E-state index contributed by atoms with van der Waals surface area (Å²) in [5.74, 6) is 2.10. The molecule has 0 aliphatic carbocycles. The first-order valence-electron chi connectivity index (χ1n) is 18.0. The van der Waals surface area contributed by atoms with Gasteiger partial charge in [0.05, 0.1) is 25.3 Å². The van der Waals surface area contributed by atoms with Crippen LogP contribution in [-0.2, 0) is 38.6 Å². The Labute approximate surface area is 311 Å². The largest absolute Gasteiger partial charge is 0.493 e. The molecule has 0 spiro atoms. The third kappa shape index (κ3) is 6.87. The van der Waals surface area contributed by atoms with Crippen molar-refractivity contribution in [1.29, 1.82) is 5.26 Å². The first-order valence-corrected chi connectivity index (χ1v) is 18.0. The summed E-state index contributed by atoms with van der Waals surface area (Å²) in [5.41, 5.74) is 5.71. The monoisotopic (exact) mass is 733 g/mol. The lowest BCUT2D eigenvalue weighted by molar-refractivity contribution is -0.195. The van der Waals surface area contributed by atoms with Gasteiger partial charge in [-0.15, -0.1) is 0 Å². The van der Waals surface area contributed by atoms with Gasteiger partial charge in [0.25, 0.3) is 0 Å². The summed E-state index contributed by atoms with van der Waals surface area (Å²) in [6, 6.07) is 2.01. The van der Waals surface area contributed by atoms with E-state index in [-0.39, 0.29) is 44.7 Å². The lowest BCUT2D eigenvalue weighted by Gasteiger charge is -2.60. The van der Waals surface area contributed by atoms with E-state index in [1.54, 1.807) is 48.0 Å². The second-order valence-corrected chi connectivity index (χ2v) is 15.1. The molecular formula is C39H51N5O9. The van der Waals surface area contributed by atoms with Gasteiger partial charge < -0.3 is 39.2 Å². The molecule has 0 aromatic heterocycles. The van der Waals surface area contributed by atoms with Crippen LogP contribution in [0.25, 0.3) is 0 Å². The Morgan fingerprint density at radius 3 is 2.53 bits per heavy atom. The maximum absolute atomic E-state index is 13.7. The van der Waals surface area contributed by atoms with E-state index in [1.165, 1.54) is 0 Å². The first-order chi connectivity index (χ1) is 25.3. The molecule has 2 unspecified atom stereocenters. The lowest BCUT2D eigenvalue weighted by Crippen LogP contribution is -2.69. The fourth-order valence-electron chi connectivity index (χ4n) is 8.53. The van der Waals surface area contributed by atoms with Gasteiger partial charge in [0, 0.05) is 53.6 Å². The third-order valence-corrected chi connectivity index (χ3v) is 10.6.